The molecule has 2 aromatic carbocycles. The van der Waals surface area contributed by atoms with Crippen molar-refractivity contribution in [2.24, 2.45) is 0 Å². The van der Waals surface area contributed by atoms with Gasteiger partial charge in [-0.05, 0) is 30.7 Å². The Bertz CT molecular complexity index is 1230. The van der Waals surface area contributed by atoms with Gasteiger partial charge in [0.25, 0.3) is 0 Å². The number of ether oxygens (including phenoxy) is 1. The minimum absolute atomic E-state index is 0.360. The van der Waals surface area contributed by atoms with Gasteiger partial charge in [-0.1, -0.05) is 36.4 Å². The summed E-state index contributed by atoms with van der Waals surface area (Å²) in [6, 6.07) is 15.8. The van der Waals surface area contributed by atoms with Crippen LogP contribution in [0.15, 0.2) is 67.1 Å². The van der Waals surface area contributed by atoms with E-state index in [0.29, 0.717) is 22.5 Å². The van der Waals surface area contributed by atoms with Crippen LogP contribution in [0.1, 0.15) is 13.2 Å². The van der Waals surface area contributed by atoms with E-state index in [1.807, 2.05) is 36.5 Å². The number of anilines is 2. The molecule has 3 heterocycles. The summed E-state index contributed by atoms with van der Waals surface area (Å²) in [4.78, 5) is 8.84. The minimum atomic E-state index is -1.11. The van der Waals surface area contributed by atoms with Crippen molar-refractivity contribution in [1.82, 2.24) is 14.5 Å². The van der Waals surface area contributed by atoms with E-state index < -0.39 is 24.5 Å². The van der Waals surface area contributed by atoms with Crippen molar-refractivity contribution in [2.45, 2.75) is 31.5 Å². The molecule has 0 spiro atoms. The Morgan fingerprint density at radius 1 is 1.03 bits per heavy atom. The van der Waals surface area contributed by atoms with Gasteiger partial charge in [-0.15, -0.1) is 0 Å². The van der Waals surface area contributed by atoms with Gasteiger partial charge in [-0.25, -0.2) is 14.4 Å². The monoisotopic (exact) mass is 420 g/mol. The molecule has 158 valence electrons. The van der Waals surface area contributed by atoms with Gasteiger partial charge in [0.05, 0.1) is 11.5 Å². The van der Waals surface area contributed by atoms with Crippen molar-refractivity contribution in [3.05, 3.63) is 72.9 Å². The fourth-order valence-electron chi connectivity index (χ4n) is 3.97. The number of fused-ring (bicyclic) bond motifs is 1. The van der Waals surface area contributed by atoms with E-state index in [1.165, 1.54) is 18.5 Å². The van der Waals surface area contributed by atoms with Gasteiger partial charge in [0.1, 0.15) is 35.8 Å². The highest BCUT2D eigenvalue weighted by atomic mass is 19.1. The van der Waals surface area contributed by atoms with Crippen LogP contribution in [0, 0.1) is 5.82 Å². The van der Waals surface area contributed by atoms with Gasteiger partial charge in [0.2, 0.25) is 0 Å². The van der Waals surface area contributed by atoms with E-state index in [4.69, 9.17) is 4.74 Å². The third-order valence-electron chi connectivity index (χ3n) is 5.53. The first-order valence-electron chi connectivity index (χ1n) is 9.98. The molecule has 5 rings (SSSR count). The molecule has 1 aliphatic heterocycles. The van der Waals surface area contributed by atoms with Crippen LogP contribution in [0.2, 0.25) is 0 Å². The van der Waals surface area contributed by atoms with E-state index in [-0.39, 0.29) is 5.82 Å². The number of aliphatic hydroxyl groups is 2. The van der Waals surface area contributed by atoms with Crippen molar-refractivity contribution in [1.29, 1.82) is 0 Å². The molecular formula is C23H21FN4O3. The summed E-state index contributed by atoms with van der Waals surface area (Å²) in [5.74, 6) is 0.135. The van der Waals surface area contributed by atoms with Crippen LogP contribution in [0.3, 0.4) is 0 Å². The molecule has 3 N–H and O–H groups in total. The second-order valence-electron chi connectivity index (χ2n) is 7.59. The van der Waals surface area contributed by atoms with Gasteiger partial charge < -0.3 is 24.8 Å². The van der Waals surface area contributed by atoms with Gasteiger partial charge >= 0.3 is 0 Å². The number of halogens is 1. The van der Waals surface area contributed by atoms with Crippen LogP contribution in [-0.2, 0) is 4.74 Å². The van der Waals surface area contributed by atoms with Crippen LogP contribution in [0.25, 0.3) is 22.2 Å². The van der Waals surface area contributed by atoms with E-state index >= 15 is 0 Å². The Hall–Kier alpha value is -3.33. The fraction of sp³-hybridized carbons (Fsp3) is 0.217. The number of nitrogens with one attached hydrogen (secondary N) is 1. The maximum atomic E-state index is 13.7. The summed E-state index contributed by atoms with van der Waals surface area (Å²) in [5.41, 5.74) is 2.82. The van der Waals surface area contributed by atoms with Crippen LogP contribution in [0.4, 0.5) is 15.9 Å². The van der Waals surface area contributed by atoms with Gasteiger partial charge in [0.15, 0.2) is 6.23 Å². The van der Waals surface area contributed by atoms with Crippen LogP contribution in [-0.4, -0.2) is 43.1 Å². The minimum Gasteiger partial charge on any atom is -0.388 e. The molecule has 4 atom stereocenters. The number of hydrogen-bond donors (Lipinski definition) is 3. The van der Waals surface area contributed by atoms with Crippen LogP contribution >= 0.6 is 0 Å². The number of nitrogens with zero attached hydrogens (tertiary/aromatic N) is 3. The van der Waals surface area contributed by atoms with Crippen molar-refractivity contribution < 1.29 is 19.3 Å². The lowest BCUT2D eigenvalue weighted by atomic mass is 10.1. The predicted molar refractivity (Wildman–Crippen MR) is 114 cm³/mol. The molecule has 0 saturated carbocycles. The highest BCUT2D eigenvalue weighted by Crippen LogP contribution is 2.39. The molecule has 1 saturated heterocycles. The molecule has 1 aliphatic rings. The molecule has 2 aromatic heterocycles. The van der Waals surface area contributed by atoms with Gasteiger partial charge in [-0.2, -0.15) is 0 Å². The summed E-state index contributed by atoms with van der Waals surface area (Å²) in [7, 11) is 0. The number of hydrogen-bond acceptors (Lipinski definition) is 6. The van der Waals surface area contributed by atoms with E-state index in [0.717, 1.165) is 11.1 Å². The Labute approximate surface area is 177 Å². The lowest BCUT2D eigenvalue weighted by Gasteiger charge is -2.17. The maximum absolute atomic E-state index is 13.7. The van der Waals surface area contributed by atoms with Crippen LogP contribution < -0.4 is 5.32 Å². The highest BCUT2D eigenvalue weighted by Gasteiger charge is 2.42. The first kappa shape index (κ1) is 19.6. The predicted octanol–water partition coefficient (Wildman–Crippen LogP) is 3.62. The van der Waals surface area contributed by atoms with Crippen molar-refractivity contribution in [2.75, 3.05) is 5.32 Å². The molecular weight excluding hydrogens is 399 g/mol. The molecule has 0 unspecified atom stereocenters. The smallest absolute Gasteiger partial charge is 0.164 e. The van der Waals surface area contributed by atoms with E-state index in [9.17, 15) is 14.6 Å². The molecule has 4 aromatic rings. The Balaban J connectivity index is 1.70. The standard InChI is InChI=1S/C23H21FN4O3/c1-13-19(29)20(30)23(31-13)28-11-17(14-6-3-2-4-7-14)18-21(25-12-26-22(18)28)27-16-9-5-8-15(24)10-16/h2-13,19-20,23,29-30H,1H3,(H,25,26,27)/t13-,19-,20-,23-/m1/s1. The zero-order valence-electron chi connectivity index (χ0n) is 16.7. The molecule has 8 heteroatoms. The maximum Gasteiger partial charge on any atom is 0.164 e. The average molecular weight is 420 g/mol. The summed E-state index contributed by atoms with van der Waals surface area (Å²) < 4.78 is 21.3. The van der Waals surface area contributed by atoms with Crippen molar-refractivity contribution >= 4 is 22.5 Å². The number of aliphatic hydroxyl groups excluding tert-OH is 2. The van der Waals surface area contributed by atoms with E-state index in [1.54, 1.807) is 23.6 Å². The molecule has 31 heavy (non-hydrogen) atoms. The van der Waals surface area contributed by atoms with Crippen molar-refractivity contribution in [3.63, 3.8) is 0 Å². The third kappa shape index (κ3) is 3.44. The topological polar surface area (TPSA) is 92.4 Å². The van der Waals surface area contributed by atoms with Crippen LogP contribution in [0.5, 0.6) is 0 Å². The molecule has 0 aliphatic carbocycles. The Kier molecular flexibility index (Phi) is 4.90. The molecule has 0 amide bonds. The first-order chi connectivity index (χ1) is 15.0. The second kappa shape index (κ2) is 7.73. The number of benzene rings is 2. The zero-order chi connectivity index (χ0) is 21.5. The summed E-state index contributed by atoms with van der Waals surface area (Å²) in [6.07, 6.45) is -0.204. The lowest BCUT2D eigenvalue weighted by Crippen LogP contribution is -2.30. The van der Waals surface area contributed by atoms with Gasteiger partial charge in [-0.3, -0.25) is 0 Å². The summed E-state index contributed by atoms with van der Waals surface area (Å²) >= 11 is 0. The fourth-order valence-corrected chi connectivity index (χ4v) is 3.97. The largest absolute Gasteiger partial charge is 0.388 e. The number of rotatable bonds is 4. The summed E-state index contributed by atoms with van der Waals surface area (Å²) in [5, 5.41) is 24.6. The number of aromatic nitrogens is 3. The molecule has 7 nitrogen and oxygen atoms in total. The third-order valence-corrected chi connectivity index (χ3v) is 5.53. The Morgan fingerprint density at radius 2 is 1.84 bits per heavy atom. The molecule has 1 fully saturated rings. The highest BCUT2D eigenvalue weighted by molar-refractivity contribution is 6.02. The Morgan fingerprint density at radius 3 is 2.55 bits per heavy atom. The van der Waals surface area contributed by atoms with Gasteiger partial charge in [0, 0.05) is 17.4 Å². The van der Waals surface area contributed by atoms with Crippen molar-refractivity contribution in [3.8, 4) is 11.1 Å². The normalized spacial score (nSPS) is 23.4. The summed E-state index contributed by atoms with van der Waals surface area (Å²) in [6.45, 7) is 1.71. The first-order valence-corrected chi connectivity index (χ1v) is 9.98. The average Bonchev–Trinajstić information content (AvgIpc) is 3.28. The molecule has 0 bridgehead atoms. The van der Waals surface area contributed by atoms with E-state index in [2.05, 4.69) is 15.3 Å². The quantitative estimate of drug-likeness (QED) is 0.467. The SMILES string of the molecule is C[C@H]1O[C@@H](n2cc(-c3ccccc3)c3c(Nc4cccc(F)c4)ncnc32)[C@H](O)[C@@H]1O. The molecule has 0 radical (unpaired) electrons. The zero-order valence-corrected chi connectivity index (χ0v) is 16.7. The lowest BCUT2D eigenvalue weighted by molar-refractivity contribution is -0.0295. The second-order valence-corrected chi connectivity index (χ2v) is 7.59.